The molecule has 56 valence electrons. The molecule has 0 aliphatic carbocycles. The lowest BCUT2D eigenvalue weighted by Crippen LogP contribution is -2.05. The zero-order valence-corrected chi connectivity index (χ0v) is 6.91. The van der Waals surface area contributed by atoms with Gasteiger partial charge in [0.25, 0.3) is 0 Å². The van der Waals surface area contributed by atoms with E-state index in [0.717, 1.165) is 11.8 Å². The van der Waals surface area contributed by atoms with Crippen LogP contribution in [0.1, 0.15) is 6.42 Å². The summed E-state index contributed by atoms with van der Waals surface area (Å²) in [5.74, 6) is 0.442. The minimum Gasteiger partial charge on any atom is -0.229 e. The molecule has 0 radical (unpaired) electrons. The molecule has 0 aromatic carbocycles. The highest BCUT2D eigenvalue weighted by atomic mass is 32.2. The molecule has 1 heterocycles. The molecular weight excluding hydrogens is 170 g/mol. The maximum absolute atomic E-state index is 10.8. The number of hydrogen-bond acceptors (Lipinski definition) is 4. The van der Waals surface area contributed by atoms with Crippen LogP contribution in [0, 0.1) is 10.7 Å². The number of nitriles is 1. The summed E-state index contributed by atoms with van der Waals surface area (Å²) in [7, 11) is -2.79. The van der Waals surface area contributed by atoms with Gasteiger partial charge in [0.05, 0.1) is 11.5 Å². The van der Waals surface area contributed by atoms with Crippen molar-refractivity contribution in [2.75, 3.05) is 11.5 Å². The van der Waals surface area contributed by atoms with Gasteiger partial charge in [0.15, 0.2) is 9.84 Å². The monoisotopic (exact) mass is 177 g/mol. The van der Waals surface area contributed by atoms with Gasteiger partial charge in [-0.25, -0.2) is 8.42 Å². The van der Waals surface area contributed by atoms with E-state index in [2.05, 4.69) is 0 Å². The summed E-state index contributed by atoms with van der Waals surface area (Å²) < 4.78 is 21.6. The molecule has 0 unspecified atom stereocenters. The van der Waals surface area contributed by atoms with Crippen molar-refractivity contribution in [1.82, 2.24) is 0 Å². The molecule has 1 fully saturated rings. The lowest BCUT2D eigenvalue weighted by Gasteiger charge is -1.95. The highest BCUT2D eigenvalue weighted by molar-refractivity contribution is 8.05. The zero-order chi connectivity index (χ0) is 7.61. The Hall–Kier alpha value is -0.210. The van der Waals surface area contributed by atoms with Crippen LogP contribution in [0.4, 0.5) is 0 Å². The highest BCUT2D eigenvalue weighted by Crippen LogP contribution is 2.22. The minimum atomic E-state index is -2.79. The van der Waals surface area contributed by atoms with E-state index < -0.39 is 9.84 Å². The molecule has 0 bridgehead atoms. The van der Waals surface area contributed by atoms with E-state index in [9.17, 15) is 8.42 Å². The predicted molar refractivity (Wildman–Crippen MR) is 40.3 cm³/mol. The molecule has 0 saturated carbocycles. The van der Waals surface area contributed by atoms with Gasteiger partial charge < -0.3 is 0 Å². The van der Waals surface area contributed by atoms with Crippen molar-refractivity contribution in [3.8, 4) is 5.40 Å². The molecule has 0 spiro atoms. The van der Waals surface area contributed by atoms with Crippen molar-refractivity contribution in [3.63, 3.8) is 0 Å². The van der Waals surface area contributed by atoms with Crippen molar-refractivity contribution >= 4 is 21.6 Å². The summed E-state index contributed by atoms with van der Waals surface area (Å²) in [6, 6.07) is 0. The second-order valence-electron chi connectivity index (χ2n) is 2.23. The molecule has 0 aromatic heterocycles. The van der Waals surface area contributed by atoms with E-state index in [-0.39, 0.29) is 16.8 Å². The van der Waals surface area contributed by atoms with Crippen LogP contribution in [0.25, 0.3) is 0 Å². The van der Waals surface area contributed by atoms with Gasteiger partial charge in [-0.05, 0) is 18.2 Å². The van der Waals surface area contributed by atoms with E-state index >= 15 is 0 Å². The fourth-order valence-electron chi connectivity index (χ4n) is 0.928. The van der Waals surface area contributed by atoms with E-state index in [0.29, 0.717) is 6.42 Å². The average molecular weight is 177 g/mol. The van der Waals surface area contributed by atoms with Gasteiger partial charge >= 0.3 is 0 Å². The van der Waals surface area contributed by atoms with Gasteiger partial charge in [-0.2, -0.15) is 5.26 Å². The molecule has 3 nitrogen and oxygen atoms in total. The van der Waals surface area contributed by atoms with Crippen molar-refractivity contribution in [2.45, 2.75) is 11.7 Å². The molecule has 10 heavy (non-hydrogen) atoms. The Morgan fingerprint density at radius 2 is 2.30 bits per heavy atom. The van der Waals surface area contributed by atoms with Crippen molar-refractivity contribution < 1.29 is 8.42 Å². The average Bonchev–Trinajstić information content (AvgIpc) is 2.12. The third-order valence-corrected chi connectivity index (χ3v) is 4.23. The van der Waals surface area contributed by atoms with Gasteiger partial charge in [0, 0.05) is 5.25 Å². The van der Waals surface area contributed by atoms with Crippen LogP contribution in [0.5, 0.6) is 0 Å². The third-order valence-electron chi connectivity index (χ3n) is 1.41. The van der Waals surface area contributed by atoms with Gasteiger partial charge in [0.2, 0.25) is 0 Å². The smallest absolute Gasteiger partial charge is 0.151 e. The van der Waals surface area contributed by atoms with Gasteiger partial charge in [-0.15, -0.1) is 0 Å². The zero-order valence-electron chi connectivity index (χ0n) is 5.28. The molecule has 0 N–H and O–H groups in total. The lowest BCUT2D eigenvalue weighted by atomic mass is 10.4. The van der Waals surface area contributed by atoms with E-state index in [1.807, 2.05) is 5.40 Å². The summed E-state index contributed by atoms with van der Waals surface area (Å²) in [4.78, 5) is 0. The predicted octanol–water partition coefficient (Wildman–Crippen LogP) is 0.388. The van der Waals surface area contributed by atoms with Gasteiger partial charge in [0.1, 0.15) is 5.40 Å². The van der Waals surface area contributed by atoms with Crippen LogP contribution in [-0.2, 0) is 9.84 Å². The third kappa shape index (κ3) is 1.89. The molecule has 1 rings (SSSR count). The van der Waals surface area contributed by atoms with Crippen LogP contribution in [-0.4, -0.2) is 25.2 Å². The van der Waals surface area contributed by atoms with Crippen LogP contribution < -0.4 is 0 Å². The molecule has 0 amide bonds. The fraction of sp³-hybridized carbons (Fsp3) is 0.800. The number of hydrogen-bond donors (Lipinski definition) is 0. The first kappa shape index (κ1) is 7.89. The SMILES string of the molecule is N#CS[C@H]1CCS(=O)(=O)C1. The number of nitrogens with zero attached hydrogens (tertiary/aromatic N) is 1. The normalized spacial score (nSPS) is 29.7. The molecule has 0 aromatic rings. The Balaban J connectivity index is 2.54. The summed E-state index contributed by atoms with van der Waals surface area (Å²) in [5.41, 5.74) is 0. The second-order valence-corrected chi connectivity index (χ2v) is 5.55. The number of sulfone groups is 1. The number of thioether (sulfide) groups is 1. The highest BCUT2D eigenvalue weighted by Gasteiger charge is 2.27. The Morgan fingerprint density at radius 3 is 2.70 bits per heavy atom. The Kier molecular flexibility index (Phi) is 2.21. The maximum atomic E-state index is 10.8. The molecular formula is C5H7NO2S2. The topological polar surface area (TPSA) is 57.9 Å². The van der Waals surface area contributed by atoms with E-state index in [4.69, 9.17) is 5.26 Å². The van der Waals surface area contributed by atoms with Crippen LogP contribution in [0.2, 0.25) is 0 Å². The minimum absolute atomic E-state index is 0.0231. The molecule has 1 aliphatic heterocycles. The largest absolute Gasteiger partial charge is 0.229 e. The quantitative estimate of drug-likeness (QED) is 0.544. The fourth-order valence-corrected chi connectivity index (χ4v) is 3.90. The summed E-state index contributed by atoms with van der Waals surface area (Å²) in [6.45, 7) is 0. The lowest BCUT2D eigenvalue weighted by molar-refractivity contribution is 0.602. The Bertz CT molecular complexity index is 251. The first-order chi connectivity index (χ1) is 4.64. The van der Waals surface area contributed by atoms with Crippen molar-refractivity contribution in [3.05, 3.63) is 0 Å². The van der Waals surface area contributed by atoms with E-state index in [1.165, 1.54) is 0 Å². The number of rotatable bonds is 1. The first-order valence-electron chi connectivity index (χ1n) is 2.89. The van der Waals surface area contributed by atoms with Crippen LogP contribution in [0.3, 0.4) is 0 Å². The first-order valence-corrected chi connectivity index (χ1v) is 5.59. The van der Waals surface area contributed by atoms with Crippen molar-refractivity contribution in [2.24, 2.45) is 0 Å². The van der Waals surface area contributed by atoms with Gasteiger partial charge in [-0.3, -0.25) is 0 Å². The van der Waals surface area contributed by atoms with Crippen LogP contribution in [0.15, 0.2) is 0 Å². The van der Waals surface area contributed by atoms with Gasteiger partial charge in [-0.1, -0.05) is 0 Å². The number of thiocyanates is 1. The summed E-state index contributed by atoms with van der Waals surface area (Å²) in [6.07, 6.45) is 0.639. The second kappa shape index (κ2) is 2.81. The molecule has 1 aliphatic rings. The molecule has 5 heteroatoms. The summed E-state index contributed by atoms with van der Waals surface area (Å²) >= 11 is 1.07. The molecule has 1 atom stereocenters. The van der Waals surface area contributed by atoms with Crippen molar-refractivity contribution in [1.29, 1.82) is 5.26 Å². The Morgan fingerprint density at radius 1 is 1.60 bits per heavy atom. The Labute approximate surface area is 64.3 Å². The molecule has 1 saturated heterocycles. The summed E-state index contributed by atoms with van der Waals surface area (Å²) in [5, 5.41) is 10.1. The van der Waals surface area contributed by atoms with Crippen LogP contribution >= 0.6 is 11.8 Å². The van der Waals surface area contributed by atoms with E-state index in [1.54, 1.807) is 0 Å². The standard InChI is InChI=1S/C5H7NO2S2/c6-4-9-5-1-2-10(7,8)3-5/h5H,1-3H2/t5-/m0/s1. The maximum Gasteiger partial charge on any atom is 0.151 e.